The molecule has 4 rings (SSSR count). The van der Waals surface area contributed by atoms with E-state index in [0.29, 0.717) is 18.1 Å². The molecular weight excluding hydrogens is 414 g/mol. The maximum atomic E-state index is 13.2. The zero-order chi connectivity index (χ0) is 22.2. The molecule has 9 heteroatoms. The molecule has 1 atom stereocenters. The quantitative estimate of drug-likeness (QED) is 0.615. The fourth-order valence-corrected chi connectivity index (χ4v) is 4.92. The first-order valence-electron chi connectivity index (χ1n) is 10.3. The molecule has 1 amide bonds. The van der Waals surface area contributed by atoms with E-state index < -0.39 is 16.1 Å². The highest BCUT2D eigenvalue weighted by Crippen LogP contribution is 2.24. The van der Waals surface area contributed by atoms with E-state index in [0.717, 1.165) is 17.5 Å². The van der Waals surface area contributed by atoms with E-state index in [2.05, 4.69) is 26.9 Å². The van der Waals surface area contributed by atoms with Gasteiger partial charge < -0.3 is 4.57 Å². The number of sulfonamides is 1. The third-order valence-corrected chi connectivity index (χ3v) is 6.56. The summed E-state index contributed by atoms with van der Waals surface area (Å²) in [5.41, 5.74) is 2.22. The lowest BCUT2D eigenvalue weighted by atomic mass is 10.0. The Hall–Kier alpha value is -3.20. The number of anilines is 1. The van der Waals surface area contributed by atoms with E-state index in [1.165, 1.54) is 6.07 Å². The number of aryl methyl sites for hydroxylation is 1. The second-order valence-electron chi connectivity index (χ2n) is 7.83. The minimum atomic E-state index is -3.67. The molecule has 162 valence electrons. The summed E-state index contributed by atoms with van der Waals surface area (Å²) in [6.07, 6.45) is 0.887. The first-order valence-corrected chi connectivity index (χ1v) is 11.8. The van der Waals surface area contributed by atoms with Crippen LogP contribution in [0, 0.1) is 5.92 Å². The Bertz CT molecular complexity index is 1280. The number of nitrogens with zero attached hydrogens (tertiary/aromatic N) is 3. The van der Waals surface area contributed by atoms with Crippen LogP contribution >= 0.6 is 0 Å². The number of rotatable bonds is 6. The zero-order valence-corrected chi connectivity index (χ0v) is 18.5. The van der Waals surface area contributed by atoms with Crippen LogP contribution in [0.2, 0.25) is 0 Å². The van der Waals surface area contributed by atoms with E-state index in [-0.39, 0.29) is 22.6 Å². The maximum absolute atomic E-state index is 13.2. The standard InChI is InChI=1S/C22H25N5O3S/c1-4-13-27-17-11-7-6-10-16(17)23-22(27)25-21(28)19(14(2)3)24-20-15-9-5-8-12-18(15)31(29,30)26-20/h5-12,14,19H,4,13H2,1-3H3,(H,24,26)(H,23,25,28)/t19-/m0/s1. The molecule has 3 aromatic rings. The molecule has 1 aromatic heterocycles. The van der Waals surface area contributed by atoms with Gasteiger partial charge in [-0.3, -0.25) is 19.8 Å². The SMILES string of the molecule is CCCn1c(NC(=O)[C@@H](N=C2NS(=O)(=O)c3ccccc32)C(C)C)nc2ccccc21. The van der Waals surface area contributed by atoms with Crippen LogP contribution in [0.4, 0.5) is 5.95 Å². The van der Waals surface area contributed by atoms with Gasteiger partial charge in [0.1, 0.15) is 11.9 Å². The van der Waals surface area contributed by atoms with Crippen LogP contribution in [-0.2, 0) is 21.4 Å². The highest BCUT2D eigenvalue weighted by Gasteiger charge is 2.33. The molecule has 0 bridgehead atoms. The minimum absolute atomic E-state index is 0.159. The van der Waals surface area contributed by atoms with E-state index >= 15 is 0 Å². The number of fused-ring (bicyclic) bond motifs is 2. The lowest BCUT2D eigenvalue weighted by molar-refractivity contribution is -0.118. The average Bonchev–Trinajstić information content (AvgIpc) is 3.20. The number of para-hydroxylation sites is 2. The molecule has 31 heavy (non-hydrogen) atoms. The van der Waals surface area contributed by atoms with Gasteiger partial charge in [0.25, 0.3) is 15.9 Å². The van der Waals surface area contributed by atoms with Gasteiger partial charge in [0, 0.05) is 12.1 Å². The summed E-state index contributed by atoms with van der Waals surface area (Å²) in [6.45, 7) is 6.52. The molecule has 2 N–H and O–H groups in total. The van der Waals surface area contributed by atoms with Gasteiger partial charge in [-0.05, 0) is 36.6 Å². The summed E-state index contributed by atoms with van der Waals surface area (Å²) < 4.78 is 29.2. The Morgan fingerprint density at radius 3 is 2.61 bits per heavy atom. The third-order valence-electron chi connectivity index (χ3n) is 5.17. The second kappa shape index (κ2) is 8.14. The van der Waals surface area contributed by atoms with Gasteiger partial charge >= 0.3 is 0 Å². The van der Waals surface area contributed by atoms with Crippen molar-refractivity contribution < 1.29 is 13.2 Å². The molecular formula is C22H25N5O3S. The summed E-state index contributed by atoms with van der Waals surface area (Å²) in [4.78, 5) is 22.5. The smallest absolute Gasteiger partial charge is 0.263 e. The zero-order valence-electron chi connectivity index (χ0n) is 17.7. The number of carbonyl (C=O) groups excluding carboxylic acids is 1. The summed E-state index contributed by atoms with van der Waals surface area (Å²) >= 11 is 0. The Morgan fingerprint density at radius 2 is 1.87 bits per heavy atom. The van der Waals surface area contributed by atoms with Gasteiger partial charge in [0.2, 0.25) is 5.95 Å². The molecule has 0 unspecified atom stereocenters. The van der Waals surface area contributed by atoms with Crippen LogP contribution in [0.1, 0.15) is 32.8 Å². The Balaban J connectivity index is 1.68. The van der Waals surface area contributed by atoms with Crippen molar-refractivity contribution in [1.82, 2.24) is 14.3 Å². The molecule has 0 saturated heterocycles. The lowest BCUT2D eigenvalue weighted by Crippen LogP contribution is -2.34. The molecule has 0 aliphatic carbocycles. The largest absolute Gasteiger partial charge is 0.310 e. The van der Waals surface area contributed by atoms with E-state index in [9.17, 15) is 13.2 Å². The first kappa shape index (κ1) is 21.0. The Morgan fingerprint density at radius 1 is 1.16 bits per heavy atom. The molecule has 2 aromatic carbocycles. The van der Waals surface area contributed by atoms with Crippen molar-refractivity contribution in [1.29, 1.82) is 0 Å². The van der Waals surface area contributed by atoms with Crippen molar-refractivity contribution in [2.45, 2.75) is 44.7 Å². The number of amidine groups is 1. The van der Waals surface area contributed by atoms with Gasteiger partial charge in [-0.1, -0.05) is 45.0 Å². The number of imidazole rings is 1. The van der Waals surface area contributed by atoms with Crippen LogP contribution in [0.5, 0.6) is 0 Å². The van der Waals surface area contributed by atoms with E-state index in [1.807, 2.05) is 42.7 Å². The second-order valence-corrected chi connectivity index (χ2v) is 9.48. The molecule has 1 aliphatic rings. The van der Waals surface area contributed by atoms with Crippen molar-refractivity contribution in [2.24, 2.45) is 10.9 Å². The van der Waals surface area contributed by atoms with Crippen LogP contribution in [0.15, 0.2) is 58.4 Å². The summed E-state index contributed by atoms with van der Waals surface area (Å²) in [7, 11) is -3.67. The average molecular weight is 440 g/mol. The Kier molecular flexibility index (Phi) is 5.53. The molecule has 0 saturated carbocycles. The Labute approximate surface area is 181 Å². The van der Waals surface area contributed by atoms with Crippen LogP contribution in [0.25, 0.3) is 11.0 Å². The van der Waals surface area contributed by atoms with Crippen molar-refractivity contribution in [3.05, 3.63) is 54.1 Å². The number of amides is 1. The van der Waals surface area contributed by atoms with Crippen molar-refractivity contribution in [2.75, 3.05) is 5.32 Å². The van der Waals surface area contributed by atoms with Crippen molar-refractivity contribution in [3.63, 3.8) is 0 Å². The molecule has 2 heterocycles. The van der Waals surface area contributed by atoms with Gasteiger partial charge in [0.05, 0.1) is 15.9 Å². The van der Waals surface area contributed by atoms with Crippen LogP contribution in [-0.4, -0.2) is 35.8 Å². The highest BCUT2D eigenvalue weighted by molar-refractivity contribution is 7.90. The minimum Gasteiger partial charge on any atom is -0.310 e. The number of nitrogens with one attached hydrogen (secondary N) is 2. The molecule has 0 spiro atoms. The predicted octanol–water partition coefficient (Wildman–Crippen LogP) is 3.15. The summed E-state index contributed by atoms with van der Waals surface area (Å²) in [5.74, 6) is 0.158. The van der Waals surface area contributed by atoms with E-state index in [4.69, 9.17) is 0 Å². The molecule has 0 fully saturated rings. The van der Waals surface area contributed by atoms with Gasteiger partial charge in [-0.25, -0.2) is 13.4 Å². The lowest BCUT2D eigenvalue weighted by Gasteiger charge is -2.17. The number of aromatic nitrogens is 2. The number of benzene rings is 2. The predicted molar refractivity (Wildman–Crippen MR) is 121 cm³/mol. The highest BCUT2D eigenvalue weighted by atomic mass is 32.2. The van der Waals surface area contributed by atoms with Crippen molar-refractivity contribution >= 4 is 38.7 Å². The summed E-state index contributed by atoms with van der Waals surface area (Å²) in [6, 6.07) is 13.5. The van der Waals surface area contributed by atoms with Crippen LogP contribution < -0.4 is 10.0 Å². The molecule has 0 radical (unpaired) electrons. The normalized spacial score (nSPS) is 17.0. The third kappa shape index (κ3) is 3.93. The number of hydrogen-bond acceptors (Lipinski definition) is 5. The first-order chi connectivity index (χ1) is 14.8. The van der Waals surface area contributed by atoms with Gasteiger partial charge in [-0.2, -0.15) is 0 Å². The molecule has 8 nitrogen and oxygen atoms in total. The van der Waals surface area contributed by atoms with Crippen molar-refractivity contribution in [3.8, 4) is 0 Å². The van der Waals surface area contributed by atoms with Crippen LogP contribution in [0.3, 0.4) is 0 Å². The monoisotopic (exact) mass is 439 g/mol. The molecule has 1 aliphatic heterocycles. The number of carbonyl (C=O) groups is 1. The fraction of sp³-hybridized carbons (Fsp3) is 0.318. The summed E-state index contributed by atoms with van der Waals surface area (Å²) in [5, 5.41) is 2.91. The van der Waals surface area contributed by atoms with Gasteiger partial charge in [0.15, 0.2) is 0 Å². The number of hydrogen-bond donors (Lipinski definition) is 2. The van der Waals surface area contributed by atoms with Gasteiger partial charge in [-0.15, -0.1) is 0 Å². The maximum Gasteiger partial charge on any atom is 0.263 e. The van der Waals surface area contributed by atoms with E-state index in [1.54, 1.807) is 18.2 Å². The topological polar surface area (TPSA) is 105 Å². The number of aliphatic imine (C=N–C) groups is 1. The fourth-order valence-electron chi connectivity index (χ4n) is 3.68.